The van der Waals surface area contributed by atoms with E-state index in [0.29, 0.717) is 18.3 Å². The standard InChI is InChI=1S/C16H18FN3O4S2/c1-2-11-10-18-16(25-11)19-15(21)13-9-12(3-4-14(13)17)26(22,23)20-5-7-24-8-6-20/h3-4,9-10H,2,5-8H2,1H3,(H,18,19,21). The molecule has 2 heterocycles. The second kappa shape index (κ2) is 7.78. The molecule has 1 amide bonds. The topological polar surface area (TPSA) is 88.6 Å². The lowest BCUT2D eigenvalue weighted by Crippen LogP contribution is -2.40. The van der Waals surface area contributed by atoms with Gasteiger partial charge in [0.05, 0.1) is 23.7 Å². The van der Waals surface area contributed by atoms with Crippen molar-refractivity contribution in [2.75, 3.05) is 31.6 Å². The molecule has 1 fully saturated rings. The Hall–Kier alpha value is -1.88. The number of hydrogen-bond acceptors (Lipinski definition) is 6. The second-order valence-corrected chi connectivity index (χ2v) is 8.65. The number of sulfonamides is 1. The van der Waals surface area contributed by atoms with Crippen molar-refractivity contribution in [2.45, 2.75) is 18.2 Å². The number of thiazole rings is 1. The number of benzene rings is 1. The van der Waals surface area contributed by atoms with E-state index in [4.69, 9.17) is 4.74 Å². The van der Waals surface area contributed by atoms with Gasteiger partial charge >= 0.3 is 0 Å². The smallest absolute Gasteiger partial charge is 0.260 e. The molecule has 1 aromatic heterocycles. The van der Waals surface area contributed by atoms with Crippen LogP contribution in [-0.4, -0.2) is 49.9 Å². The number of morpholine rings is 1. The minimum Gasteiger partial charge on any atom is -0.379 e. The number of aromatic nitrogens is 1. The van der Waals surface area contributed by atoms with E-state index in [9.17, 15) is 17.6 Å². The summed E-state index contributed by atoms with van der Waals surface area (Å²) in [4.78, 5) is 17.3. The summed E-state index contributed by atoms with van der Waals surface area (Å²) < 4.78 is 45.9. The first-order chi connectivity index (χ1) is 12.4. The van der Waals surface area contributed by atoms with Crippen molar-refractivity contribution in [3.63, 3.8) is 0 Å². The molecule has 3 rings (SSSR count). The lowest BCUT2D eigenvalue weighted by molar-refractivity contribution is 0.0730. The van der Waals surface area contributed by atoms with Crippen LogP contribution < -0.4 is 5.32 Å². The van der Waals surface area contributed by atoms with Crippen molar-refractivity contribution in [3.05, 3.63) is 40.7 Å². The van der Waals surface area contributed by atoms with Gasteiger partial charge in [0.15, 0.2) is 5.13 Å². The molecule has 1 aliphatic heterocycles. The van der Waals surface area contributed by atoms with Crippen LogP contribution in [0.1, 0.15) is 22.2 Å². The van der Waals surface area contributed by atoms with Crippen molar-refractivity contribution < 1.29 is 22.3 Å². The monoisotopic (exact) mass is 399 g/mol. The highest BCUT2D eigenvalue weighted by Crippen LogP contribution is 2.23. The van der Waals surface area contributed by atoms with Crippen LogP contribution in [0.4, 0.5) is 9.52 Å². The maximum absolute atomic E-state index is 14.1. The number of carbonyl (C=O) groups is 1. The predicted molar refractivity (Wildman–Crippen MR) is 95.4 cm³/mol. The number of ether oxygens (including phenoxy) is 1. The van der Waals surface area contributed by atoms with Crippen molar-refractivity contribution in [1.82, 2.24) is 9.29 Å². The molecule has 1 N–H and O–H groups in total. The average molecular weight is 399 g/mol. The lowest BCUT2D eigenvalue weighted by atomic mass is 10.2. The van der Waals surface area contributed by atoms with Gasteiger partial charge in [-0.2, -0.15) is 4.31 Å². The number of rotatable bonds is 5. The van der Waals surface area contributed by atoms with Gasteiger partial charge in [-0.25, -0.2) is 17.8 Å². The van der Waals surface area contributed by atoms with Crippen LogP contribution in [0.15, 0.2) is 29.3 Å². The summed E-state index contributed by atoms with van der Waals surface area (Å²) in [5.74, 6) is -1.53. The molecule has 2 aromatic rings. The molecule has 1 aliphatic rings. The predicted octanol–water partition coefficient (Wildman–Crippen LogP) is 2.12. The summed E-state index contributed by atoms with van der Waals surface area (Å²) in [6.45, 7) is 3.01. The highest BCUT2D eigenvalue weighted by molar-refractivity contribution is 7.89. The molecule has 0 aliphatic carbocycles. The quantitative estimate of drug-likeness (QED) is 0.832. The van der Waals surface area contributed by atoms with Crippen molar-refractivity contribution in [3.8, 4) is 0 Å². The summed E-state index contributed by atoms with van der Waals surface area (Å²) in [7, 11) is -3.81. The van der Waals surface area contributed by atoms with Gasteiger partial charge in [-0.3, -0.25) is 10.1 Å². The van der Waals surface area contributed by atoms with Crippen LogP contribution in [0.25, 0.3) is 0 Å². The Morgan fingerprint density at radius 1 is 1.38 bits per heavy atom. The van der Waals surface area contributed by atoms with Gasteiger partial charge in [0.1, 0.15) is 5.82 Å². The van der Waals surface area contributed by atoms with Gasteiger partial charge in [0.2, 0.25) is 10.0 Å². The number of carbonyl (C=O) groups excluding carboxylic acids is 1. The maximum Gasteiger partial charge on any atom is 0.260 e. The summed E-state index contributed by atoms with van der Waals surface area (Å²) in [6, 6.07) is 3.21. The third-order valence-electron chi connectivity index (χ3n) is 3.91. The Labute approximate surface area is 154 Å². The maximum atomic E-state index is 14.1. The molecule has 7 nitrogen and oxygen atoms in total. The van der Waals surface area contributed by atoms with E-state index in [1.807, 2.05) is 6.92 Å². The number of aryl methyl sites for hydroxylation is 1. The summed E-state index contributed by atoms with van der Waals surface area (Å²) in [5.41, 5.74) is -0.340. The van der Waals surface area contributed by atoms with E-state index in [-0.39, 0.29) is 23.5 Å². The van der Waals surface area contributed by atoms with Crippen molar-refractivity contribution in [1.29, 1.82) is 0 Å². The van der Waals surface area contributed by atoms with Gasteiger partial charge in [0, 0.05) is 24.2 Å². The van der Waals surface area contributed by atoms with Crippen LogP contribution >= 0.6 is 11.3 Å². The third kappa shape index (κ3) is 3.93. The number of halogens is 1. The fraction of sp³-hybridized carbons (Fsp3) is 0.375. The highest BCUT2D eigenvalue weighted by Gasteiger charge is 2.28. The summed E-state index contributed by atoms with van der Waals surface area (Å²) in [5, 5.41) is 2.85. The van der Waals surface area contributed by atoms with E-state index in [1.54, 1.807) is 6.20 Å². The minimum absolute atomic E-state index is 0.126. The number of anilines is 1. The van der Waals surface area contributed by atoms with Gasteiger partial charge in [-0.05, 0) is 24.6 Å². The van der Waals surface area contributed by atoms with Crippen LogP contribution in [0.5, 0.6) is 0 Å². The Morgan fingerprint density at radius 3 is 2.77 bits per heavy atom. The van der Waals surface area contributed by atoms with Crippen LogP contribution in [0.3, 0.4) is 0 Å². The van der Waals surface area contributed by atoms with Gasteiger partial charge in [-0.1, -0.05) is 6.92 Å². The average Bonchev–Trinajstić information content (AvgIpc) is 3.10. The highest BCUT2D eigenvalue weighted by atomic mass is 32.2. The number of amides is 1. The van der Waals surface area contributed by atoms with Crippen LogP contribution in [-0.2, 0) is 21.2 Å². The molecule has 0 unspecified atom stereocenters. The van der Waals surface area contributed by atoms with E-state index < -0.39 is 21.7 Å². The Morgan fingerprint density at radius 2 is 2.12 bits per heavy atom. The molecule has 140 valence electrons. The molecular formula is C16H18FN3O4S2. The molecule has 0 atom stereocenters. The first kappa shape index (κ1) is 18.9. The van der Waals surface area contributed by atoms with E-state index in [0.717, 1.165) is 29.5 Å². The number of hydrogen-bond donors (Lipinski definition) is 1. The molecule has 26 heavy (non-hydrogen) atoms. The van der Waals surface area contributed by atoms with Gasteiger partial charge in [-0.15, -0.1) is 11.3 Å². The zero-order valence-electron chi connectivity index (χ0n) is 14.1. The first-order valence-electron chi connectivity index (χ1n) is 8.05. The first-order valence-corrected chi connectivity index (χ1v) is 10.3. The molecular weight excluding hydrogens is 381 g/mol. The van der Waals surface area contributed by atoms with Gasteiger partial charge < -0.3 is 4.74 Å². The van der Waals surface area contributed by atoms with Gasteiger partial charge in [0.25, 0.3) is 5.91 Å². The molecule has 1 saturated heterocycles. The molecule has 10 heteroatoms. The van der Waals surface area contributed by atoms with Crippen molar-refractivity contribution >= 4 is 32.4 Å². The minimum atomic E-state index is -3.81. The largest absolute Gasteiger partial charge is 0.379 e. The van der Waals surface area contributed by atoms with Crippen LogP contribution in [0, 0.1) is 5.82 Å². The number of nitrogens with zero attached hydrogens (tertiary/aromatic N) is 2. The molecule has 0 bridgehead atoms. The molecule has 1 aromatic carbocycles. The molecule has 0 spiro atoms. The number of nitrogens with one attached hydrogen (secondary N) is 1. The lowest BCUT2D eigenvalue weighted by Gasteiger charge is -2.26. The SMILES string of the molecule is CCc1cnc(NC(=O)c2cc(S(=O)(=O)N3CCOCC3)ccc2F)s1. The van der Waals surface area contributed by atoms with Crippen LogP contribution in [0.2, 0.25) is 0 Å². The van der Waals surface area contributed by atoms with E-state index >= 15 is 0 Å². The second-order valence-electron chi connectivity index (χ2n) is 5.60. The fourth-order valence-electron chi connectivity index (χ4n) is 2.47. The molecule has 0 radical (unpaired) electrons. The van der Waals surface area contributed by atoms with E-state index in [1.165, 1.54) is 15.6 Å². The third-order valence-corrected chi connectivity index (χ3v) is 6.86. The van der Waals surface area contributed by atoms with Crippen molar-refractivity contribution in [2.24, 2.45) is 0 Å². The summed E-state index contributed by atoms with van der Waals surface area (Å²) in [6.07, 6.45) is 2.41. The zero-order valence-corrected chi connectivity index (χ0v) is 15.7. The van der Waals surface area contributed by atoms with E-state index in [2.05, 4.69) is 10.3 Å². The Kier molecular flexibility index (Phi) is 5.66. The normalized spacial score (nSPS) is 15.8. The summed E-state index contributed by atoms with van der Waals surface area (Å²) >= 11 is 1.29. The Bertz CT molecular complexity index is 908. The Balaban J connectivity index is 1.86. The zero-order chi connectivity index (χ0) is 18.7. The fourth-order valence-corrected chi connectivity index (χ4v) is 4.65. The molecule has 0 saturated carbocycles.